The van der Waals surface area contributed by atoms with E-state index in [1.54, 1.807) is 24.3 Å². The Bertz CT molecular complexity index is 875. The second kappa shape index (κ2) is 8.63. The summed E-state index contributed by atoms with van der Waals surface area (Å²) in [5.41, 5.74) is 2.91. The van der Waals surface area contributed by atoms with Crippen LogP contribution in [0.4, 0.5) is 11.4 Å². The van der Waals surface area contributed by atoms with E-state index >= 15 is 0 Å². The van der Waals surface area contributed by atoms with Gasteiger partial charge in [0.05, 0.1) is 0 Å². The maximum absolute atomic E-state index is 12.3. The van der Waals surface area contributed by atoms with E-state index < -0.39 is 5.91 Å². The van der Waals surface area contributed by atoms with E-state index in [-0.39, 0.29) is 11.4 Å². The summed E-state index contributed by atoms with van der Waals surface area (Å²) in [6, 6.07) is 16.2. The Morgan fingerprint density at radius 2 is 1.77 bits per heavy atom. The summed E-state index contributed by atoms with van der Waals surface area (Å²) >= 11 is 0. The molecule has 0 atom stereocenters. The van der Waals surface area contributed by atoms with Crippen LogP contribution in [0.1, 0.15) is 42.6 Å². The van der Waals surface area contributed by atoms with Crippen LogP contribution >= 0.6 is 0 Å². The van der Waals surface area contributed by atoms with Crippen LogP contribution in [-0.4, -0.2) is 11.7 Å². The van der Waals surface area contributed by atoms with E-state index in [0.717, 1.165) is 0 Å². The van der Waals surface area contributed by atoms with E-state index in [9.17, 15) is 14.9 Å². The molecule has 0 saturated heterocycles. The van der Waals surface area contributed by atoms with Crippen molar-refractivity contribution in [1.82, 2.24) is 0 Å². The monoisotopic (exact) mass is 347 g/mol. The molecular weight excluding hydrogens is 326 g/mol. The molecule has 0 saturated carbocycles. The van der Waals surface area contributed by atoms with Crippen molar-refractivity contribution in [1.29, 1.82) is 5.26 Å². The molecule has 0 aromatic heterocycles. The normalized spacial score (nSPS) is 11.0. The Kier molecular flexibility index (Phi) is 6.29. The highest BCUT2D eigenvalue weighted by molar-refractivity contribution is 6.06. The van der Waals surface area contributed by atoms with E-state index in [2.05, 4.69) is 24.5 Å². The Morgan fingerprint density at radius 3 is 2.35 bits per heavy atom. The summed E-state index contributed by atoms with van der Waals surface area (Å²) in [7, 11) is 0. The van der Waals surface area contributed by atoms with Gasteiger partial charge in [0.25, 0.3) is 5.91 Å². The number of carbonyl (C=O) groups excluding carboxylic acids is 2. The number of carbonyl (C=O) groups is 2. The van der Waals surface area contributed by atoms with Crippen LogP contribution in [0.3, 0.4) is 0 Å². The van der Waals surface area contributed by atoms with Gasteiger partial charge in [-0.3, -0.25) is 9.59 Å². The fourth-order valence-electron chi connectivity index (χ4n) is 2.28. The largest absolute Gasteiger partial charge is 0.360 e. The predicted octanol–water partition coefficient (Wildman–Crippen LogP) is 4.47. The van der Waals surface area contributed by atoms with Gasteiger partial charge in [-0.1, -0.05) is 38.1 Å². The lowest BCUT2D eigenvalue weighted by Crippen LogP contribution is -2.14. The molecule has 2 aromatic rings. The van der Waals surface area contributed by atoms with Gasteiger partial charge in [0.15, 0.2) is 5.78 Å². The lowest BCUT2D eigenvalue weighted by atomic mass is 10.0. The number of hydrogen-bond acceptors (Lipinski definition) is 4. The first-order chi connectivity index (χ1) is 12.4. The second-order valence-electron chi connectivity index (χ2n) is 6.18. The van der Waals surface area contributed by atoms with Crippen molar-refractivity contribution in [2.24, 2.45) is 0 Å². The van der Waals surface area contributed by atoms with Gasteiger partial charge in [-0.25, -0.2) is 0 Å². The van der Waals surface area contributed by atoms with Gasteiger partial charge in [-0.15, -0.1) is 0 Å². The van der Waals surface area contributed by atoms with E-state index in [4.69, 9.17) is 0 Å². The molecule has 0 heterocycles. The number of benzene rings is 2. The zero-order valence-corrected chi connectivity index (χ0v) is 15.0. The van der Waals surface area contributed by atoms with Crippen molar-refractivity contribution in [3.05, 3.63) is 71.4 Å². The van der Waals surface area contributed by atoms with Crippen molar-refractivity contribution in [3.63, 3.8) is 0 Å². The smallest absolute Gasteiger partial charge is 0.267 e. The summed E-state index contributed by atoms with van der Waals surface area (Å²) in [5.74, 6) is -0.148. The zero-order valence-electron chi connectivity index (χ0n) is 15.0. The van der Waals surface area contributed by atoms with Gasteiger partial charge in [0.1, 0.15) is 11.6 Å². The van der Waals surface area contributed by atoms with E-state index in [1.807, 2.05) is 30.3 Å². The van der Waals surface area contributed by atoms with Crippen molar-refractivity contribution in [2.75, 3.05) is 10.6 Å². The molecule has 0 aliphatic heterocycles. The Balaban J connectivity index is 2.08. The first-order valence-corrected chi connectivity index (χ1v) is 8.30. The van der Waals surface area contributed by atoms with Gasteiger partial charge >= 0.3 is 0 Å². The molecule has 5 heteroatoms. The molecule has 0 aliphatic carbocycles. The molecule has 0 spiro atoms. The fourth-order valence-corrected chi connectivity index (χ4v) is 2.28. The molecule has 0 bridgehead atoms. The predicted molar refractivity (Wildman–Crippen MR) is 103 cm³/mol. The van der Waals surface area contributed by atoms with Crippen LogP contribution in [0.5, 0.6) is 0 Å². The van der Waals surface area contributed by atoms with Crippen LogP contribution in [0.2, 0.25) is 0 Å². The molecule has 26 heavy (non-hydrogen) atoms. The third-order valence-electron chi connectivity index (χ3n) is 3.85. The van der Waals surface area contributed by atoms with Crippen molar-refractivity contribution in [2.45, 2.75) is 26.7 Å². The minimum absolute atomic E-state index is 0.0549. The summed E-state index contributed by atoms with van der Waals surface area (Å²) in [6.07, 6.45) is 1.33. The fraction of sp³-hybridized carbons (Fsp3) is 0.190. The number of ketones is 1. The SMILES string of the molecule is CC(=O)c1cccc(N/C=C(/C#N)C(=O)Nc2ccc(C(C)C)cc2)c1. The lowest BCUT2D eigenvalue weighted by Gasteiger charge is -2.08. The molecule has 5 nitrogen and oxygen atoms in total. The number of nitrogens with one attached hydrogen (secondary N) is 2. The number of nitriles is 1. The highest BCUT2D eigenvalue weighted by atomic mass is 16.1. The summed E-state index contributed by atoms with van der Waals surface area (Å²) < 4.78 is 0. The summed E-state index contributed by atoms with van der Waals surface area (Å²) in [6.45, 7) is 5.67. The first-order valence-electron chi connectivity index (χ1n) is 8.30. The van der Waals surface area contributed by atoms with Crippen molar-refractivity contribution in [3.8, 4) is 6.07 Å². The second-order valence-corrected chi connectivity index (χ2v) is 6.18. The Hall–Kier alpha value is -3.39. The minimum atomic E-state index is -0.500. The molecule has 2 N–H and O–H groups in total. The molecule has 2 aromatic carbocycles. The number of hydrogen-bond donors (Lipinski definition) is 2. The maximum atomic E-state index is 12.3. The van der Waals surface area contributed by atoms with E-state index in [0.29, 0.717) is 22.9 Å². The minimum Gasteiger partial charge on any atom is -0.360 e. The number of anilines is 2. The zero-order chi connectivity index (χ0) is 19.1. The topological polar surface area (TPSA) is 82.0 Å². The molecule has 1 amide bonds. The molecule has 2 rings (SSSR count). The number of nitrogens with zero attached hydrogens (tertiary/aromatic N) is 1. The highest BCUT2D eigenvalue weighted by Crippen LogP contribution is 2.18. The quantitative estimate of drug-likeness (QED) is 0.459. The number of Topliss-reactive ketones (excluding diaryl/α,β-unsaturated/α-hetero) is 1. The standard InChI is InChI=1S/C21H21N3O2/c1-14(2)16-7-9-19(10-8-16)24-21(26)18(12-22)13-23-20-6-4-5-17(11-20)15(3)25/h4-11,13-14,23H,1-3H3,(H,24,26)/b18-13-. The third kappa shape index (κ3) is 5.05. The summed E-state index contributed by atoms with van der Waals surface area (Å²) in [4.78, 5) is 23.7. The van der Waals surface area contributed by atoms with Crippen LogP contribution in [0.15, 0.2) is 60.3 Å². The van der Waals surface area contributed by atoms with Gasteiger partial charge < -0.3 is 10.6 Å². The van der Waals surface area contributed by atoms with Crippen molar-refractivity contribution < 1.29 is 9.59 Å². The molecule has 0 aliphatic rings. The lowest BCUT2D eigenvalue weighted by molar-refractivity contribution is -0.112. The number of amides is 1. The molecule has 132 valence electrons. The van der Waals surface area contributed by atoms with Gasteiger partial charge in [0, 0.05) is 23.1 Å². The third-order valence-corrected chi connectivity index (χ3v) is 3.85. The summed E-state index contributed by atoms with van der Waals surface area (Å²) in [5, 5.41) is 14.8. The van der Waals surface area contributed by atoms with Crippen molar-refractivity contribution >= 4 is 23.1 Å². The van der Waals surface area contributed by atoms with E-state index in [1.165, 1.54) is 18.7 Å². The Labute approximate surface area is 153 Å². The molecular formula is C21H21N3O2. The average molecular weight is 347 g/mol. The van der Waals surface area contributed by atoms with Crippen LogP contribution in [0, 0.1) is 11.3 Å². The van der Waals surface area contributed by atoms with Gasteiger partial charge in [-0.05, 0) is 42.7 Å². The van der Waals surface area contributed by atoms with Crippen LogP contribution in [0.25, 0.3) is 0 Å². The van der Waals surface area contributed by atoms with Gasteiger partial charge in [-0.2, -0.15) is 5.26 Å². The Morgan fingerprint density at radius 1 is 1.08 bits per heavy atom. The number of rotatable bonds is 6. The average Bonchev–Trinajstić information content (AvgIpc) is 2.63. The molecule has 0 fully saturated rings. The molecule has 0 unspecified atom stereocenters. The molecule has 0 radical (unpaired) electrons. The van der Waals surface area contributed by atoms with Gasteiger partial charge in [0.2, 0.25) is 0 Å². The van der Waals surface area contributed by atoms with Crippen LogP contribution in [-0.2, 0) is 4.79 Å². The van der Waals surface area contributed by atoms with Crippen LogP contribution < -0.4 is 10.6 Å². The maximum Gasteiger partial charge on any atom is 0.267 e. The highest BCUT2D eigenvalue weighted by Gasteiger charge is 2.10. The first kappa shape index (κ1) is 18.9.